The average Bonchev–Trinajstić information content (AvgIpc) is 3.28. The van der Waals surface area contributed by atoms with E-state index in [1.54, 1.807) is 0 Å². The Morgan fingerprint density at radius 2 is 1.74 bits per heavy atom. The molecule has 0 N–H and O–H groups in total. The molecule has 4 heteroatoms. The van der Waals surface area contributed by atoms with Crippen molar-refractivity contribution in [1.29, 1.82) is 0 Å². The van der Waals surface area contributed by atoms with Crippen LogP contribution in [0.5, 0.6) is 0 Å². The molecule has 126 valence electrons. The molecule has 0 aromatic heterocycles. The summed E-state index contributed by atoms with van der Waals surface area (Å²) in [6.07, 6.45) is 13.6. The molecule has 0 radical (unpaired) electrons. The van der Waals surface area contributed by atoms with Gasteiger partial charge in [-0.2, -0.15) is 18.2 Å². The minimum Gasteiger partial charge on any atom is -0.875 e. The zero-order valence-electron chi connectivity index (χ0n) is 13.3. The average molecular weight is 372 g/mol. The van der Waals surface area contributed by atoms with E-state index in [1.165, 1.54) is 19.3 Å². The summed E-state index contributed by atoms with van der Waals surface area (Å²) in [7, 11) is -0.809. The van der Waals surface area contributed by atoms with Crippen molar-refractivity contribution in [3.05, 3.63) is 66.0 Å². The summed E-state index contributed by atoms with van der Waals surface area (Å²) in [5, 5.41) is 12.1. The summed E-state index contributed by atoms with van der Waals surface area (Å²) in [5.41, 5.74) is 0.755. The van der Waals surface area contributed by atoms with E-state index in [9.17, 15) is 9.32 Å². The quantitative estimate of drug-likeness (QED) is 0.460. The van der Waals surface area contributed by atoms with E-state index in [2.05, 4.69) is 0 Å². The maximum Gasteiger partial charge on any atom is 2.00 e. The summed E-state index contributed by atoms with van der Waals surface area (Å²) in [6, 6.07) is 10.0. The molecule has 0 heterocycles. The van der Waals surface area contributed by atoms with Crippen LogP contribution in [-0.2, 0) is 27.9 Å². The van der Waals surface area contributed by atoms with Gasteiger partial charge < -0.3 is 5.11 Å². The summed E-state index contributed by atoms with van der Waals surface area (Å²) in [6.45, 7) is 0. The Hall–Kier alpha value is -0.961. The monoisotopic (exact) mass is 372 g/mol. The molecule has 1 atom stereocenters. The first-order valence-electron chi connectivity index (χ1n) is 8.06. The number of hydrogen-bond donors (Lipinski definition) is 0. The molecular weight excluding hydrogens is 348 g/mol. The molecule has 1 unspecified atom stereocenters. The van der Waals surface area contributed by atoms with E-state index in [-0.39, 0.29) is 22.8 Å². The third kappa shape index (κ3) is 7.43. The van der Waals surface area contributed by atoms with Crippen molar-refractivity contribution in [2.24, 2.45) is 0 Å². The zero-order valence-corrected chi connectivity index (χ0v) is 15.2. The summed E-state index contributed by atoms with van der Waals surface area (Å²) < 4.78 is 12.0. The molecule has 2 aliphatic carbocycles. The zero-order chi connectivity index (χ0) is 15.6. The Labute approximate surface area is 152 Å². The Morgan fingerprint density at radius 3 is 2.26 bits per heavy atom. The fraction of sp³-hybridized carbons (Fsp3) is 0.421. The van der Waals surface area contributed by atoms with E-state index in [1.807, 2.05) is 54.6 Å². The third-order valence-electron chi connectivity index (χ3n) is 3.99. The van der Waals surface area contributed by atoms with Gasteiger partial charge in [0.25, 0.3) is 0 Å². The van der Waals surface area contributed by atoms with E-state index in [4.69, 9.17) is 0 Å². The molecule has 3 rings (SSSR count). The molecule has 0 amide bonds. The van der Waals surface area contributed by atoms with Crippen LogP contribution in [0.4, 0.5) is 0 Å². The SMILES string of the molecule is O=S(CCC([O-])=C1C=CC=C1)C1CCCCC1.[Fe+2].c1cc[cH-]c1. The minimum absolute atomic E-state index is 0. The van der Waals surface area contributed by atoms with E-state index in [0.29, 0.717) is 17.4 Å². The molecule has 0 bridgehead atoms. The summed E-state index contributed by atoms with van der Waals surface area (Å²) >= 11 is 0. The van der Waals surface area contributed by atoms with Crippen molar-refractivity contribution < 1.29 is 26.4 Å². The minimum atomic E-state index is -0.809. The normalized spacial score (nSPS) is 18.0. The number of hydrogen-bond acceptors (Lipinski definition) is 2. The van der Waals surface area contributed by atoms with E-state index < -0.39 is 10.8 Å². The van der Waals surface area contributed by atoms with E-state index in [0.717, 1.165) is 18.4 Å². The molecule has 2 aliphatic rings. The molecule has 0 aliphatic heterocycles. The summed E-state index contributed by atoms with van der Waals surface area (Å²) in [4.78, 5) is 0. The first-order valence-corrected chi connectivity index (χ1v) is 9.44. The first kappa shape index (κ1) is 20.1. The van der Waals surface area contributed by atoms with Crippen molar-refractivity contribution in [3.8, 4) is 0 Å². The predicted octanol–water partition coefficient (Wildman–Crippen LogP) is 3.60. The van der Waals surface area contributed by atoms with Gasteiger partial charge >= 0.3 is 17.1 Å². The Kier molecular flexibility index (Phi) is 10.1. The van der Waals surface area contributed by atoms with Crippen molar-refractivity contribution in [2.45, 2.75) is 43.8 Å². The van der Waals surface area contributed by atoms with Gasteiger partial charge in [-0.15, -0.1) is 5.76 Å². The fourth-order valence-corrected chi connectivity index (χ4v) is 4.29. The van der Waals surface area contributed by atoms with Gasteiger partial charge in [-0.05, 0) is 24.8 Å². The van der Waals surface area contributed by atoms with Crippen molar-refractivity contribution in [3.63, 3.8) is 0 Å². The van der Waals surface area contributed by atoms with Crippen molar-refractivity contribution in [2.75, 3.05) is 5.75 Å². The van der Waals surface area contributed by atoms with Gasteiger partial charge in [0.1, 0.15) is 0 Å². The molecule has 23 heavy (non-hydrogen) atoms. The fourth-order valence-electron chi connectivity index (χ4n) is 2.71. The standard InChI is InChI=1S/C14H20O2S.C5H5.Fe/c15-14(12-6-4-5-7-12)10-11-17(16)13-8-2-1-3-9-13;1-2-4-5-3-1;/h4-7,13,15H,1-3,8-11H2;1-5H;/q;-1;+2/p-1. The third-order valence-corrected chi connectivity index (χ3v) is 5.82. The second-order valence-electron chi connectivity index (χ2n) is 5.65. The topological polar surface area (TPSA) is 40.1 Å². The van der Waals surface area contributed by atoms with E-state index >= 15 is 0 Å². The van der Waals surface area contributed by atoms with Gasteiger partial charge in [-0.3, -0.25) is 4.21 Å². The molecule has 0 saturated heterocycles. The Morgan fingerprint density at radius 1 is 1.13 bits per heavy atom. The van der Waals surface area contributed by atoms with Gasteiger partial charge in [0.2, 0.25) is 0 Å². The van der Waals surface area contributed by atoms with Crippen LogP contribution in [0.2, 0.25) is 0 Å². The smallest absolute Gasteiger partial charge is 0.875 e. The molecule has 2 nitrogen and oxygen atoms in total. The first-order chi connectivity index (χ1) is 10.8. The van der Waals surface area contributed by atoms with Crippen LogP contribution < -0.4 is 5.11 Å². The van der Waals surface area contributed by atoms with Gasteiger partial charge in [-0.25, -0.2) is 12.1 Å². The number of rotatable bonds is 4. The predicted molar refractivity (Wildman–Crippen MR) is 91.8 cm³/mol. The molecule has 1 saturated carbocycles. The number of allylic oxidation sites excluding steroid dienone is 6. The van der Waals surface area contributed by atoms with Crippen molar-refractivity contribution >= 4 is 10.8 Å². The molecule has 1 aromatic carbocycles. The largest absolute Gasteiger partial charge is 2.00 e. The van der Waals surface area contributed by atoms with Crippen LogP contribution in [0.3, 0.4) is 0 Å². The Bertz CT molecular complexity index is 507. The van der Waals surface area contributed by atoms with Crippen LogP contribution in [0.15, 0.2) is 66.0 Å². The maximum absolute atomic E-state index is 12.0. The van der Waals surface area contributed by atoms with Crippen LogP contribution in [0.25, 0.3) is 0 Å². The van der Waals surface area contributed by atoms with Crippen LogP contribution in [0, 0.1) is 0 Å². The molecule has 1 aromatic rings. The van der Waals surface area contributed by atoms with Gasteiger partial charge in [0, 0.05) is 21.8 Å². The van der Waals surface area contributed by atoms with Crippen molar-refractivity contribution in [1.82, 2.24) is 0 Å². The van der Waals surface area contributed by atoms with Gasteiger partial charge in [0.05, 0.1) is 0 Å². The molecule has 1 fully saturated rings. The van der Waals surface area contributed by atoms with Gasteiger partial charge in [-0.1, -0.05) is 43.6 Å². The Balaban J connectivity index is 0.000000377. The molecular formula is C19H24FeO2S. The summed E-state index contributed by atoms with van der Waals surface area (Å²) in [5.74, 6) is 0.661. The van der Waals surface area contributed by atoms with Crippen LogP contribution in [0.1, 0.15) is 38.5 Å². The van der Waals surface area contributed by atoms with Crippen LogP contribution in [-0.4, -0.2) is 15.2 Å². The van der Waals surface area contributed by atoms with Gasteiger partial charge in [0.15, 0.2) is 0 Å². The maximum atomic E-state index is 12.0. The second kappa shape index (κ2) is 11.6. The second-order valence-corrected chi connectivity index (χ2v) is 7.49. The molecule has 0 spiro atoms. The van der Waals surface area contributed by atoms with Crippen LogP contribution >= 0.6 is 0 Å².